The fourth-order valence-electron chi connectivity index (χ4n) is 3.20. The zero-order valence-corrected chi connectivity index (χ0v) is 16.7. The van der Waals surface area contributed by atoms with E-state index in [9.17, 15) is 18.0 Å². The quantitative estimate of drug-likeness (QED) is 0.524. The van der Waals surface area contributed by atoms with Crippen LogP contribution in [-0.4, -0.2) is 17.0 Å². The normalized spacial score (nSPS) is 11.7. The number of hydrogen-bond acceptors (Lipinski definition) is 4. The van der Waals surface area contributed by atoms with Gasteiger partial charge in [-0.3, -0.25) is 4.79 Å². The predicted molar refractivity (Wildman–Crippen MR) is 112 cm³/mol. The summed E-state index contributed by atoms with van der Waals surface area (Å²) in [5.74, 6) is 0. The minimum Gasteiger partial charge on any atom is -0.268 e. The highest BCUT2D eigenvalue weighted by atomic mass is 32.2. The first-order valence-electron chi connectivity index (χ1n) is 8.97. The third kappa shape index (κ3) is 3.09. The lowest BCUT2D eigenvalue weighted by molar-refractivity contribution is 0.584. The molecule has 6 nitrogen and oxygen atoms in total. The molecule has 0 N–H and O–H groups in total. The van der Waals surface area contributed by atoms with E-state index in [-0.39, 0.29) is 15.8 Å². The van der Waals surface area contributed by atoms with Crippen LogP contribution in [0, 0.1) is 13.8 Å². The predicted octanol–water partition coefficient (Wildman–Crippen LogP) is 3.01. The van der Waals surface area contributed by atoms with Gasteiger partial charge in [0.2, 0.25) is 0 Å². The highest BCUT2D eigenvalue weighted by Gasteiger charge is 2.25. The van der Waals surface area contributed by atoms with Crippen molar-refractivity contribution in [3.63, 3.8) is 0 Å². The molecule has 0 saturated heterocycles. The van der Waals surface area contributed by atoms with E-state index < -0.39 is 21.3 Å². The Kier molecular flexibility index (Phi) is 4.47. The molecule has 1 heterocycles. The van der Waals surface area contributed by atoms with Gasteiger partial charge in [0.25, 0.3) is 15.6 Å². The fourth-order valence-corrected chi connectivity index (χ4v) is 4.60. The van der Waals surface area contributed by atoms with Crippen molar-refractivity contribution in [2.24, 2.45) is 0 Å². The molecule has 0 fully saturated rings. The summed E-state index contributed by atoms with van der Waals surface area (Å²) in [5.41, 5.74) is 0.708. The number of fused-ring (bicyclic) bond motifs is 1. The molecule has 146 valence electrons. The van der Waals surface area contributed by atoms with Gasteiger partial charge in [-0.25, -0.2) is 17.8 Å². The van der Waals surface area contributed by atoms with Crippen LogP contribution in [0.5, 0.6) is 0 Å². The SMILES string of the molecule is Cc1ccc(-n2c(=O)c3ccccc3n(S(=O)(=O)c3ccc(C)cc3)c2=O)cc1. The maximum absolute atomic E-state index is 13.4. The Morgan fingerprint density at radius 2 is 1.28 bits per heavy atom. The first-order chi connectivity index (χ1) is 13.8. The van der Waals surface area contributed by atoms with Gasteiger partial charge in [0.15, 0.2) is 0 Å². The summed E-state index contributed by atoms with van der Waals surface area (Å²) < 4.78 is 28.4. The molecule has 1 aromatic heterocycles. The topological polar surface area (TPSA) is 78.1 Å². The lowest BCUT2D eigenvalue weighted by atomic mass is 10.2. The molecule has 0 amide bonds. The van der Waals surface area contributed by atoms with Crippen molar-refractivity contribution in [2.75, 3.05) is 0 Å². The first-order valence-corrected chi connectivity index (χ1v) is 10.4. The van der Waals surface area contributed by atoms with Gasteiger partial charge >= 0.3 is 5.69 Å². The Morgan fingerprint density at radius 3 is 1.90 bits per heavy atom. The summed E-state index contributed by atoms with van der Waals surface area (Å²) in [5, 5.41) is 0.142. The fraction of sp³-hybridized carbons (Fsp3) is 0.0909. The van der Waals surface area contributed by atoms with Gasteiger partial charge in [0, 0.05) is 0 Å². The molecular formula is C22H18N2O4S. The zero-order chi connectivity index (χ0) is 20.8. The Morgan fingerprint density at radius 1 is 0.724 bits per heavy atom. The van der Waals surface area contributed by atoms with Crippen molar-refractivity contribution in [1.29, 1.82) is 0 Å². The van der Waals surface area contributed by atoms with Crippen LogP contribution in [0.1, 0.15) is 11.1 Å². The number of aryl methyl sites for hydroxylation is 2. The second-order valence-corrected chi connectivity index (χ2v) is 8.65. The summed E-state index contributed by atoms with van der Waals surface area (Å²) in [4.78, 5) is 26.3. The lowest BCUT2D eigenvalue weighted by Crippen LogP contribution is -2.41. The maximum atomic E-state index is 13.4. The Hall–Kier alpha value is -3.45. The molecule has 0 aliphatic carbocycles. The van der Waals surface area contributed by atoms with Crippen molar-refractivity contribution in [2.45, 2.75) is 18.7 Å². The van der Waals surface area contributed by atoms with E-state index in [4.69, 9.17) is 0 Å². The number of para-hydroxylation sites is 1. The van der Waals surface area contributed by atoms with Crippen LogP contribution in [0.25, 0.3) is 16.6 Å². The third-order valence-corrected chi connectivity index (χ3v) is 6.47. The van der Waals surface area contributed by atoms with Crippen LogP contribution in [-0.2, 0) is 10.0 Å². The van der Waals surface area contributed by atoms with Gasteiger partial charge in [-0.05, 0) is 50.2 Å². The molecule has 4 rings (SSSR count). The molecule has 3 aromatic carbocycles. The second kappa shape index (κ2) is 6.86. The summed E-state index contributed by atoms with van der Waals surface area (Å²) in [6.45, 7) is 3.72. The first kappa shape index (κ1) is 18.9. The zero-order valence-electron chi connectivity index (χ0n) is 15.9. The number of benzene rings is 3. The largest absolute Gasteiger partial charge is 0.350 e. The summed E-state index contributed by atoms with van der Waals surface area (Å²) >= 11 is 0. The van der Waals surface area contributed by atoms with E-state index in [0.29, 0.717) is 9.66 Å². The van der Waals surface area contributed by atoms with Gasteiger partial charge < -0.3 is 0 Å². The van der Waals surface area contributed by atoms with Crippen molar-refractivity contribution >= 4 is 20.9 Å². The molecular weight excluding hydrogens is 388 g/mol. The minimum atomic E-state index is -4.22. The Balaban J connectivity index is 2.14. The highest BCUT2D eigenvalue weighted by Crippen LogP contribution is 2.18. The van der Waals surface area contributed by atoms with Gasteiger partial charge in [-0.15, -0.1) is 0 Å². The van der Waals surface area contributed by atoms with Crippen molar-refractivity contribution < 1.29 is 8.42 Å². The summed E-state index contributed by atoms with van der Waals surface area (Å²) in [6, 6.07) is 19.2. The van der Waals surface area contributed by atoms with E-state index in [1.165, 1.54) is 24.3 Å². The molecule has 0 radical (unpaired) electrons. The van der Waals surface area contributed by atoms with E-state index in [0.717, 1.165) is 15.7 Å². The molecule has 0 unspecified atom stereocenters. The number of rotatable bonds is 3. The molecule has 0 aliphatic heterocycles. The molecule has 7 heteroatoms. The number of aromatic nitrogens is 2. The van der Waals surface area contributed by atoms with E-state index >= 15 is 0 Å². The van der Waals surface area contributed by atoms with Crippen LogP contribution in [0.4, 0.5) is 0 Å². The number of hydrogen-bond donors (Lipinski definition) is 0. The van der Waals surface area contributed by atoms with Gasteiger partial charge in [-0.2, -0.15) is 3.97 Å². The lowest BCUT2D eigenvalue weighted by Gasteiger charge is -2.15. The highest BCUT2D eigenvalue weighted by molar-refractivity contribution is 7.90. The second-order valence-electron chi connectivity index (χ2n) is 6.86. The number of nitrogens with zero attached hydrogens (tertiary/aromatic N) is 2. The average molecular weight is 406 g/mol. The molecule has 0 atom stereocenters. The molecule has 0 saturated carbocycles. The molecule has 4 aromatic rings. The monoisotopic (exact) mass is 406 g/mol. The van der Waals surface area contributed by atoms with Crippen molar-refractivity contribution in [3.05, 3.63) is 105 Å². The third-order valence-electron chi connectivity index (χ3n) is 4.77. The van der Waals surface area contributed by atoms with Crippen LogP contribution >= 0.6 is 0 Å². The van der Waals surface area contributed by atoms with Crippen LogP contribution in [0.2, 0.25) is 0 Å². The average Bonchev–Trinajstić information content (AvgIpc) is 2.70. The molecule has 0 aliphatic rings. The standard InChI is InChI=1S/C22H18N2O4S/c1-15-7-11-17(12-8-15)23-21(25)19-5-3-4-6-20(19)24(22(23)26)29(27,28)18-13-9-16(2)10-14-18/h3-14H,1-2H3. The molecule has 0 bridgehead atoms. The molecule has 29 heavy (non-hydrogen) atoms. The Bertz CT molecular complexity index is 1450. The van der Waals surface area contributed by atoms with Gasteiger partial charge in [0.05, 0.1) is 21.5 Å². The smallest absolute Gasteiger partial charge is 0.268 e. The maximum Gasteiger partial charge on any atom is 0.350 e. The van der Waals surface area contributed by atoms with Gasteiger partial charge in [0.1, 0.15) is 0 Å². The van der Waals surface area contributed by atoms with Gasteiger partial charge in [-0.1, -0.05) is 47.5 Å². The van der Waals surface area contributed by atoms with Crippen LogP contribution in [0.3, 0.4) is 0 Å². The summed E-state index contributed by atoms with van der Waals surface area (Å²) in [7, 11) is -4.22. The van der Waals surface area contributed by atoms with E-state index in [1.54, 1.807) is 48.5 Å². The molecule has 0 spiro atoms. The van der Waals surface area contributed by atoms with Crippen LogP contribution in [0.15, 0.2) is 87.3 Å². The van der Waals surface area contributed by atoms with Crippen LogP contribution < -0.4 is 11.2 Å². The summed E-state index contributed by atoms with van der Waals surface area (Å²) in [6.07, 6.45) is 0. The van der Waals surface area contributed by atoms with E-state index in [1.807, 2.05) is 13.8 Å². The van der Waals surface area contributed by atoms with Crippen molar-refractivity contribution in [3.8, 4) is 5.69 Å². The minimum absolute atomic E-state index is 0.0236. The van der Waals surface area contributed by atoms with Crippen molar-refractivity contribution in [1.82, 2.24) is 8.54 Å². The van der Waals surface area contributed by atoms with E-state index in [2.05, 4.69) is 0 Å². The Labute approximate surface area is 167 Å².